The van der Waals surface area contributed by atoms with Gasteiger partial charge in [-0.1, -0.05) is 6.07 Å². The molecule has 2 atom stereocenters. The average Bonchev–Trinajstić information content (AvgIpc) is 3.13. The summed E-state index contributed by atoms with van der Waals surface area (Å²) in [6.45, 7) is 3.40. The summed E-state index contributed by atoms with van der Waals surface area (Å²) in [7, 11) is 0. The third-order valence-corrected chi connectivity index (χ3v) is 5.92. The minimum Gasteiger partial charge on any atom is -0.478 e. The normalized spacial score (nSPS) is 30.5. The fourth-order valence-electron chi connectivity index (χ4n) is 4.42. The molecule has 0 aromatic heterocycles. The van der Waals surface area contributed by atoms with E-state index in [2.05, 4.69) is 10.6 Å². The average molecular weight is 300 g/mol. The van der Waals surface area contributed by atoms with Gasteiger partial charge in [0.2, 0.25) is 0 Å². The van der Waals surface area contributed by atoms with Gasteiger partial charge in [-0.3, -0.25) is 0 Å². The second kappa shape index (κ2) is 5.36. The SMILES string of the molecule is O=C(O)c1ccc2c(c1)C1(CC2)CC1NCC1CCNCC1. The lowest BCUT2D eigenvalue weighted by atomic mass is 9.95. The van der Waals surface area contributed by atoms with E-state index in [1.165, 1.54) is 36.8 Å². The Morgan fingerprint density at radius 2 is 2.18 bits per heavy atom. The van der Waals surface area contributed by atoms with Crippen molar-refractivity contribution in [1.29, 1.82) is 0 Å². The number of fused-ring (bicyclic) bond motifs is 2. The van der Waals surface area contributed by atoms with E-state index < -0.39 is 5.97 Å². The Hall–Kier alpha value is -1.39. The maximum atomic E-state index is 11.2. The smallest absolute Gasteiger partial charge is 0.335 e. The van der Waals surface area contributed by atoms with E-state index >= 15 is 0 Å². The lowest BCUT2D eigenvalue weighted by Crippen LogP contribution is -2.35. The molecule has 4 nitrogen and oxygen atoms in total. The lowest BCUT2D eigenvalue weighted by molar-refractivity contribution is 0.0696. The van der Waals surface area contributed by atoms with Crippen LogP contribution in [0.1, 0.15) is 47.2 Å². The minimum atomic E-state index is -0.815. The zero-order valence-corrected chi connectivity index (χ0v) is 12.9. The van der Waals surface area contributed by atoms with Crippen molar-refractivity contribution in [3.8, 4) is 0 Å². The first kappa shape index (κ1) is 14.2. The summed E-state index contributed by atoms with van der Waals surface area (Å²) in [5.41, 5.74) is 3.32. The highest BCUT2D eigenvalue weighted by molar-refractivity contribution is 5.88. The maximum Gasteiger partial charge on any atom is 0.335 e. The summed E-state index contributed by atoms with van der Waals surface area (Å²) in [6, 6.07) is 6.25. The first-order valence-electron chi connectivity index (χ1n) is 8.50. The third kappa shape index (κ3) is 2.34. The summed E-state index contributed by atoms with van der Waals surface area (Å²) in [5.74, 6) is -0.0187. The van der Waals surface area contributed by atoms with Crippen LogP contribution in [0.3, 0.4) is 0 Å². The fourth-order valence-corrected chi connectivity index (χ4v) is 4.42. The topological polar surface area (TPSA) is 61.4 Å². The number of carboxylic acid groups (broad SMARTS) is 1. The molecule has 2 aliphatic carbocycles. The van der Waals surface area contributed by atoms with E-state index in [0.29, 0.717) is 11.6 Å². The predicted octanol–water partition coefficient (Wildman–Crippen LogP) is 1.93. The Morgan fingerprint density at radius 1 is 1.36 bits per heavy atom. The zero-order valence-electron chi connectivity index (χ0n) is 12.9. The molecule has 2 fully saturated rings. The number of aryl methyl sites for hydroxylation is 1. The van der Waals surface area contributed by atoms with Crippen molar-refractivity contribution >= 4 is 5.97 Å². The number of aromatic carboxylic acids is 1. The van der Waals surface area contributed by atoms with Gasteiger partial charge in [0.1, 0.15) is 0 Å². The van der Waals surface area contributed by atoms with Crippen LogP contribution >= 0.6 is 0 Å². The largest absolute Gasteiger partial charge is 0.478 e. The van der Waals surface area contributed by atoms with Gasteiger partial charge in [-0.15, -0.1) is 0 Å². The van der Waals surface area contributed by atoms with Crippen LogP contribution in [0.4, 0.5) is 0 Å². The zero-order chi connectivity index (χ0) is 15.2. The van der Waals surface area contributed by atoms with Crippen LogP contribution in [0, 0.1) is 5.92 Å². The van der Waals surface area contributed by atoms with Crippen molar-refractivity contribution < 1.29 is 9.90 Å². The van der Waals surface area contributed by atoms with E-state index in [0.717, 1.165) is 32.0 Å². The fraction of sp³-hybridized carbons (Fsp3) is 0.611. The molecule has 1 saturated heterocycles. The molecule has 1 saturated carbocycles. The molecule has 1 aromatic carbocycles. The second-order valence-corrected chi connectivity index (χ2v) is 7.19. The van der Waals surface area contributed by atoms with Crippen LogP contribution in [0.5, 0.6) is 0 Å². The Morgan fingerprint density at radius 3 is 2.95 bits per heavy atom. The van der Waals surface area contributed by atoms with Crippen molar-refractivity contribution in [1.82, 2.24) is 10.6 Å². The van der Waals surface area contributed by atoms with Crippen LogP contribution in [0.25, 0.3) is 0 Å². The highest BCUT2D eigenvalue weighted by atomic mass is 16.4. The molecule has 3 N–H and O–H groups in total. The van der Waals surface area contributed by atoms with Crippen molar-refractivity contribution in [3.05, 3.63) is 34.9 Å². The molecule has 1 heterocycles. The van der Waals surface area contributed by atoms with E-state index in [4.69, 9.17) is 0 Å². The highest BCUT2D eigenvalue weighted by Gasteiger charge is 2.57. The van der Waals surface area contributed by atoms with Crippen molar-refractivity contribution in [3.63, 3.8) is 0 Å². The highest BCUT2D eigenvalue weighted by Crippen LogP contribution is 2.57. The molecule has 4 rings (SSSR count). The van der Waals surface area contributed by atoms with Crippen LogP contribution in [-0.4, -0.2) is 36.8 Å². The number of rotatable bonds is 4. The minimum absolute atomic E-state index is 0.230. The predicted molar refractivity (Wildman–Crippen MR) is 85.4 cm³/mol. The molecule has 1 aliphatic heterocycles. The maximum absolute atomic E-state index is 11.2. The molecule has 118 valence electrons. The molecule has 3 aliphatic rings. The first-order chi connectivity index (χ1) is 10.7. The molecule has 0 bridgehead atoms. The van der Waals surface area contributed by atoms with E-state index in [1.807, 2.05) is 12.1 Å². The monoisotopic (exact) mass is 300 g/mol. The number of piperidine rings is 1. The van der Waals surface area contributed by atoms with Gasteiger partial charge < -0.3 is 15.7 Å². The number of benzene rings is 1. The summed E-state index contributed by atoms with van der Waals surface area (Å²) in [4.78, 5) is 11.2. The Labute approximate surface area is 131 Å². The molecule has 0 radical (unpaired) electrons. The molecule has 2 unspecified atom stereocenters. The van der Waals surface area contributed by atoms with Crippen LogP contribution in [-0.2, 0) is 11.8 Å². The van der Waals surface area contributed by atoms with Crippen molar-refractivity contribution in [2.24, 2.45) is 5.92 Å². The summed E-state index contributed by atoms with van der Waals surface area (Å²) in [5, 5.41) is 16.4. The molecular formula is C18H24N2O2. The first-order valence-corrected chi connectivity index (χ1v) is 8.50. The molecule has 1 aromatic rings. The van der Waals surface area contributed by atoms with Crippen LogP contribution in [0.15, 0.2) is 18.2 Å². The van der Waals surface area contributed by atoms with Crippen LogP contribution in [0.2, 0.25) is 0 Å². The Balaban J connectivity index is 1.45. The van der Waals surface area contributed by atoms with Crippen LogP contribution < -0.4 is 10.6 Å². The lowest BCUT2D eigenvalue weighted by Gasteiger charge is -2.23. The van der Waals surface area contributed by atoms with E-state index in [9.17, 15) is 9.90 Å². The molecule has 1 spiro atoms. The Bertz CT molecular complexity index is 595. The Kier molecular flexibility index (Phi) is 3.46. The van der Waals surface area contributed by atoms with Crippen molar-refractivity contribution in [2.75, 3.05) is 19.6 Å². The number of carboxylic acids is 1. The van der Waals surface area contributed by atoms with Gasteiger partial charge in [0, 0.05) is 11.5 Å². The van der Waals surface area contributed by atoms with Gasteiger partial charge >= 0.3 is 5.97 Å². The third-order valence-electron chi connectivity index (χ3n) is 5.92. The number of nitrogens with one attached hydrogen (secondary N) is 2. The quantitative estimate of drug-likeness (QED) is 0.795. The van der Waals surface area contributed by atoms with E-state index in [-0.39, 0.29) is 5.41 Å². The summed E-state index contributed by atoms with van der Waals surface area (Å²) in [6.07, 6.45) is 5.99. The number of hydrogen-bond donors (Lipinski definition) is 3. The standard InChI is InChI=1S/C18H24N2O2/c21-17(22)14-2-1-13-3-6-18(15(13)9-14)10-16(18)20-11-12-4-7-19-8-5-12/h1-2,9,12,16,19-20H,3-8,10-11H2,(H,21,22). The van der Waals surface area contributed by atoms with Gasteiger partial charge in [-0.25, -0.2) is 4.79 Å². The molecular weight excluding hydrogens is 276 g/mol. The number of carbonyl (C=O) groups is 1. The van der Waals surface area contributed by atoms with E-state index in [1.54, 1.807) is 6.07 Å². The molecule has 0 amide bonds. The molecule has 4 heteroatoms. The summed E-state index contributed by atoms with van der Waals surface area (Å²) >= 11 is 0. The van der Waals surface area contributed by atoms with Gasteiger partial charge in [-0.05, 0) is 80.9 Å². The second-order valence-electron chi connectivity index (χ2n) is 7.19. The molecule has 22 heavy (non-hydrogen) atoms. The summed E-state index contributed by atoms with van der Waals surface area (Å²) < 4.78 is 0. The van der Waals surface area contributed by atoms with Gasteiger partial charge in [0.05, 0.1) is 5.56 Å². The van der Waals surface area contributed by atoms with Gasteiger partial charge in [-0.2, -0.15) is 0 Å². The van der Waals surface area contributed by atoms with Crippen molar-refractivity contribution in [2.45, 2.75) is 43.6 Å². The number of hydrogen-bond acceptors (Lipinski definition) is 3. The van der Waals surface area contributed by atoms with Gasteiger partial charge in [0.15, 0.2) is 0 Å². The van der Waals surface area contributed by atoms with Gasteiger partial charge in [0.25, 0.3) is 0 Å².